The summed E-state index contributed by atoms with van der Waals surface area (Å²) >= 11 is 0. The van der Waals surface area contributed by atoms with Crippen molar-refractivity contribution in [2.75, 3.05) is 94.9 Å². The Morgan fingerprint density at radius 1 is 0.778 bits per heavy atom. The second-order valence-corrected chi connectivity index (χ2v) is 11.9. The number of hydrogen-bond donors (Lipinski definition) is 1. The number of amides is 2. The van der Waals surface area contributed by atoms with Gasteiger partial charge in [-0.3, -0.25) is 9.59 Å². The van der Waals surface area contributed by atoms with Crippen LogP contribution in [0.4, 0.5) is 17.6 Å². The molecule has 3 fully saturated rings. The molecule has 3 aromatic rings. The summed E-state index contributed by atoms with van der Waals surface area (Å²) in [6.45, 7) is 7.00. The molecule has 45 heavy (non-hydrogen) atoms. The lowest BCUT2D eigenvalue weighted by molar-refractivity contribution is -0.115. The van der Waals surface area contributed by atoms with Gasteiger partial charge in [0.2, 0.25) is 17.8 Å². The zero-order chi connectivity index (χ0) is 31.2. The molecule has 1 N–H and O–H groups in total. The molecule has 0 saturated carbocycles. The lowest BCUT2D eigenvalue weighted by Gasteiger charge is -2.35. The Morgan fingerprint density at radius 2 is 1.33 bits per heavy atom. The van der Waals surface area contributed by atoms with Crippen molar-refractivity contribution in [3.8, 4) is 11.4 Å². The number of nitrogens with zero attached hydrogens (tertiary/aromatic N) is 7. The number of carbonyl (C=O) groups excluding carboxylic acids is 2. The summed E-state index contributed by atoms with van der Waals surface area (Å²) in [5, 5.41) is 2.98. The van der Waals surface area contributed by atoms with Crippen LogP contribution in [0, 0.1) is 0 Å². The number of rotatable bonds is 8. The van der Waals surface area contributed by atoms with E-state index in [0.29, 0.717) is 61.4 Å². The van der Waals surface area contributed by atoms with E-state index >= 15 is 0 Å². The van der Waals surface area contributed by atoms with Crippen LogP contribution in [0.2, 0.25) is 0 Å². The van der Waals surface area contributed by atoms with Gasteiger partial charge in [0, 0.05) is 62.1 Å². The van der Waals surface area contributed by atoms with Gasteiger partial charge in [-0.1, -0.05) is 12.1 Å². The van der Waals surface area contributed by atoms with Crippen molar-refractivity contribution in [1.29, 1.82) is 0 Å². The van der Waals surface area contributed by atoms with Crippen molar-refractivity contribution in [1.82, 2.24) is 24.8 Å². The number of anilines is 3. The molecule has 0 unspecified atom stereocenters. The number of aromatic nitrogens is 3. The molecule has 0 bridgehead atoms. The van der Waals surface area contributed by atoms with Crippen LogP contribution in [0.1, 0.15) is 28.8 Å². The van der Waals surface area contributed by atoms with Crippen molar-refractivity contribution in [3.63, 3.8) is 0 Å². The standard InChI is InChI=1S/C33H42N8O4/c1-38(2)28-11-13-39(14-12-28)31(43)26-5-3-24(4-6-26)23-29(42)34-27-9-7-25(8-10-27)30-35-32(40-15-19-44-20-16-40)37-33(36-30)41-17-21-45-22-18-41/h3-10,28H,11-23H2,1-2H3,(H,34,42). The minimum absolute atomic E-state index is 0.0515. The van der Waals surface area contributed by atoms with E-state index < -0.39 is 0 Å². The van der Waals surface area contributed by atoms with Gasteiger partial charge < -0.3 is 34.4 Å². The quantitative estimate of drug-likeness (QED) is 0.406. The van der Waals surface area contributed by atoms with Gasteiger partial charge in [0.05, 0.1) is 32.8 Å². The minimum atomic E-state index is -0.128. The first kappa shape index (κ1) is 30.9. The summed E-state index contributed by atoms with van der Waals surface area (Å²) in [5.41, 5.74) is 3.03. The third-order valence-electron chi connectivity index (χ3n) is 8.67. The van der Waals surface area contributed by atoms with Crippen LogP contribution in [0.25, 0.3) is 11.4 Å². The molecule has 0 radical (unpaired) electrons. The molecule has 0 atom stereocenters. The summed E-state index contributed by atoms with van der Waals surface area (Å²) < 4.78 is 11.0. The molecule has 3 aliphatic rings. The van der Waals surface area contributed by atoms with Crippen molar-refractivity contribution in [3.05, 3.63) is 59.7 Å². The number of piperidine rings is 1. The number of hydrogen-bond acceptors (Lipinski definition) is 10. The highest BCUT2D eigenvalue weighted by molar-refractivity contribution is 5.95. The van der Waals surface area contributed by atoms with Gasteiger partial charge in [-0.2, -0.15) is 15.0 Å². The van der Waals surface area contributed by atoms with Gasteiger partial charge in [0.1, 0.15) is 0 Å². The summed E-state index contributed by atoms with van der Waals surface area (Å²) in [5.74, 6) is 1.79. The molecule has 238 valence electrons. The average molecular weight is 615 g/mol. The molecule has 3 aliphatic heterocycles. The maximum Gasteiger partial charge on any atom is 0.253 e. The highest BCUT2D eigenvalue weighted by Gasteiger charge is 2.25. The average Bonchev–Trinajstić information content (AvgIpc) is 3.09. The van der Waals surface area contributed by atoms with E-state index in [4.69, 9.17) is 24.4 Å². The number of likely N-dealkylation sites (tertiary alicyclic amines) is 1. The lowest BCUT2D eigenvalue weighted by Crippen LogP contribution is -2.44. The number of carbonyl (C=O) groups is 2. The Hall–Kier alpha value is -4.13. The molecule has 4 heterocycles. The second kappa shape index (κ2) is 14.3. The van der Waals surface area contributed by atoms with Gasteiger partial charge in [-0.05, 0) is 68.9 Å². The van der Waals surface area contributed by atoms with E-state index in [1.54, 1.807) is 0 Å². The first-order chi connectivity index (χ1) is 21.9. The molecule has 3 saturated heterocycles. The number of benzene rings is 2. The van der Waals surface area contributed by atoms with E-state index in [1.165, 1.54) is 0 Å². The van der Waals surface area contributed by atoms with Crippen molar-refractivity contribution in [2.24, 2.45) is 0 Å². The minimum Gasteiger partial charge on any atom is -0.378 e. The van der Waals surface area contributed by atoms with Gasteiger partial charge >= 0.3 is 0 Å². The summed E-state index contributed by atoms with van der Waals surface area (Å²) in [6.07, 6.45) is 2.18. The van der Waals surface area contributed by atoms with Crippen LogP contribution >= 0.6 is 0 Å². The van der Waals surface area contributed by atoms with Crippen LogP contribution in [-0.4, -0.2) is 122 Å². The number of ether oxygens (including phenoxy) is 2. The third kappa shape index (κ3) is 7.75. The Balaban J connectivity index is 1.07. The van der Waals surface area contributed by atoms with E-state index in [1.807, 2.05) is 53.4 Å². The van der Waals surface area contributed by atoms with Crippen LogP contribution in [0.3, 0.4) is 0 Å². The summed E-state index contributed by atoms with van der Waals surface area (Å²) in [4.78, 5) is 48.7. The van der Waals surface area contributed by atoms with E-state index in [0.717, 1.165) is 63.2 Å². The second-order valence-electron chi connectivity index (χ2n) is 11.9. The third-order valence-corrected chi connectivity index (χ3v) is 8.67. The maximum atomic E-state index is 13.0. The van der Waals surface area contributed by atoms with Crippen molar-refractivity contribution < 1.29 is 19.1 Å². The molecular formula is C33H42N8O4. The maximum absolute atomic E-state index is 13.0. The van der Waals surface area contributed by atoms with E-state index in [2.05, 4.69) is 34.1 Å². The fraction of sp³-hybridized carbons (Fsp3) is 0.485. The van der Waals surface area contributed by atoms with Crippen LogP contribution in [0.15, 0.2) is 48.5 Å². The predicted octanol–water partition coefficient (Wildman–Crippen LogP) is 2.56. The molecule has 2 aromatic carbocycles. The molecule has 0 spiro atoms. The molecule has 12 nitrogen and oxygen atoms in total. The lowest BCUT2D eigenvalue weighted by atomic mass is 10.0. The topological polar surface area (TPSA) is 116 Å². The molecule has 0 aliphatic carbocycles. The van der Waals surface area contributed by atoms with E-state index in [9.17, 15) is 9.59 Å². The van der Waals surface area contributed by atoms with Gasteiger partial charge in [0.25, 0.3) is 5.91 Å². The predicted molar refractivity (Wildman–Crippen MR) is 173 cm³/mol. The van der Waals surface area contributed by atoms with Gasteiger partial charge in [-0.25, -0.2) is 0 Å². The molecule has 6 rings (SSSR count). The molecule has 2 amide bonds. The van der Waals surface area contributed by atoms with E-state index in [-0.39, 0.29) is 18.2 Å². The Morgan fingerprint density at radius 3 is 1.87 bits per heavy atom. The first-order valence-electron chi connectivity index (χ1n) is 15.8. The number of morpholine rings is 2. The van der Waals surface area contributed by atoms with Gasteiger partial charge in [-0.15, -0.1) is 0 Å². The largest absolute Gasteiger partial charge is 0.378 e. The van der Waals surface area contributed by atoms with Crippen LogP contribution in [-0.2, 0) is 20.7 Å². The number of nitrogens with one attached hydrogen (secondary N) is 1. The van der Waals surface area contributed by atoms with Crippen molar-refractivity contribution in [2.45, 2.75) is 25.3 Å². The van der Waals surface area contributed by atoms with Crippen LogP contribution in [0.5, 0.6) is 0 Å². The fourth-order valence-corrected chi connectivity index (χ4v) is 5.92. The van der Waals surface area contributed by atoms with Crippen molar-refractivity contribution >= 4 is 29.4 Å². The summed E-state index contributed by atoms with van der Waals surface area (Å²) in [7, 11) is 4.18. The normalized spacial score (nSPS) is 17.9. The monoisotopic (exact) mass is 614 g/mol. The zero-order valence-electron chi connectivity index (χ0n) is 26.2. The SMILES string of the molecule is CN(C)C1CCN(C(=O)c2ccc(CC(=O)Nc3ccc(-c4nc(N5CCOCC5)nc(N5CCOCC5)n4)cc3)cc2)CC1. The Labute approximate surface area is 264 Å². The molecular weight excluding hydrogens is 572 g/mol. The highest BCUT2D eigenvalue weighted by Crippen LogP contribution is 2.24. The van der Waals surface area contributed by atoms with Crippen LogP contribution < -0.4 is 15.1 Å². The Bertz CT molecular complexity index is 1410. The molecule has 1 aromatic heterocycles. The zero-order valence-corrected chi connectivity index (χ0v) is 26.2. The highest BCUT2D eigenvalue weighted by atomic mass is 16.5. The smallest absolute Gasteiger partial charge is 0.253 e. The first-order valence-corrected chi connectivity index (χ1v) is 15.8. The Kier molecular flexibility index (Phi) is 9.82. The fourth-order valence-electron chi connectivity index (χ4n) is 5.92. The summed E-state index contributed by atoms with van der Waals surface area (Å²) in [6, 6.07) is 15.4. The molecule has 12 heteroatoms. The van der Waals surface area contributed by atoms with Gasteiger partial charge in [0.15, 0.2) is 5.82 Å².